The maximum atomic E-state index is 4.10. The van der Waals surface area contributed by atoms with Crippen LogP contribution in [0.5, 0.6) is 0 Å². The molecular weight excluding hydrogens is 182 g/mol. The molecule has 0 aliphatic carbocycles. The van der Waals surface area contributed by atoms with Crippen molar-refractivity contribution in [2.75, 3.05) is 6.54 Å². The molecule has 0 fully saturated rings. The van der Waals surface area contributed by atoms with Crippen molar-refractivity contribution >= 4 is 22.5 Å². The van der Waals surface area contributed by atoms with Crippen molar-refractivity contribution in [3.63, 3.8) is 0 Å². The van der Waals surface area contributed by atoms with Gasteiger partial charge >= 0.3 is 0 Å². The van der Waals surface area contributed by atoms with Crippen molar-refractivity contribution in [1.29, 1.82) is 0 Å². The monoisotopic (exact) mass is 191 g/mol. The van der Waals surface area contributed by atoms with Crippen LogP contribution < -0.4 is 0 Å². The van der Waals surface area contributed by atoms with E-state index in [1.54, 1.807) is 6.34 Å². The fourth-order valence-corrected chi connectivity index (χ4v) is 1.08. The summed E-state index contributed by atoms with van der Waals surface area (Å²) in [6.07, 6.45) is 2.13. The van der Waals surface area contributed by atoms with Gasteiger partial charge in [0, 0.05) is 6.54 Å². The van der Waals surface area contributed by atoms with Gasteiger partial charge in [0.25, 0.3) is 0 Å². The maximum absolute atomic E-state index is 4.10. The molecule has 0 saturated carbocycles. The minimum Gasteiger partial charge on any atom is -0.275 e. The highest BCUT2D eigenvalue weighted by molar-refractivity contribution is 9.07. The second kappa shape index (κ2) is 2.56. The summed E-state index contributed by atoms with van der Waals surface area (Å²) < 4.78 is 1.90. The first-order chi connectivity index (χ1) is 4.25. The molecule has 0 aromatic carbocycles. The lowest BCUT2D eigenvalue weighted by molar-refractivity contribution is 0.209. The third kappa shape index (κ3) is 1.18. The first-order valence-electron chi connectivity index (χ1n) is 3.00. The molecule has 9 heavy (non-hydrogen) atoms. The highest BCUT2D eigenvalue weighted by Gasteiger charge is 2.18. The standard InChI is InChI=1S/C5H10BrN3/c1-3-9-5(2)8(6)4-7-9/h4-5H,3H2,1-2H3. The molecule has 1 aliphatic heterocycles. The van der Waals surface area contributed by atoms with Crippen molar-refractivity contribution in [3.05, 3.63) is 0 Å². The van der Waals surface area contributed by atoms with Gasteiger partial charge in [0.1, 0.15) is 12.5 Å². The zero-order valence-electron chi connectivity index (χ0n) is 5.58. The molecule has 0 aromatic rings. The molecule has 1 unspecified atom stereocenters. The number of hydrogen-bond acceptors (Lipinski definition) is 3. The Morgan fingerprint density at radius 2 is 2.44 bits per heavy atom. The second-order valence-corrected chi connectivity index (χ2v) is 2.78. The number of rotatable bonds is 1. The highest BCUT2D eigenvalue weighted by Crippen LogP contribution is 2.13. The molecule has 4 heteroatoms. The Morgan fingerprint density at radius 1 is 1.78 bits per heavy atom. The van der Waals surface area contributed by atoms with Gasteiger partial charge in [-0.15, -0.1) is 0 Å². The van der Waals surface area contributed by atoms with Crippen LogP contribution >= 0.6 is 16.1 Å². The van der Waals surface area contributed by atoms with E-state index in [1.807, 2.05) is 8.93 Å². The topological polar surface area (TPSA) is 18.8 Å². The molecule has 0 N–H and O–H groups in total. The number of halogens is 1. The predicted octanol–water partition coefficient (Wildman–Crippen LogP) is 1.22. The first kappa shape index (κ1) is 6.86. The largest absolute Gasteiger partial charge is 0.275 e. The SMILES string of the molecule is CCN1N=CN(Br)C1C. The molecule has 1 atom stereocenters. The molecule has 1 aliphatic rings. The van der Waals surface area contributed by atoms with Crippen LogP contribution in [0.1, 0.15) is 13.8 Å². The molecule has 0 spiro atoms. The van der Waals surface area contributed by atoms with Crippen LogP contribution in [-0.2, 0) is 0 Å². The molecule has 1 heterocycles. The maximum Gasteiger partial charge on any atom is 0.126 e. The van der Waals surface area contributed by atoms with Crippen LogP contribution in [0.4, 0.5) is 0 Å². The van der Waals surface area contributed by atoms with Gasteiger partial charge in [0.05, 0.1) is 16.1 Å². The molecule has 1 rings (SSSR count). The lowest BCUT2D eigenvalue weighted by Crippen LogP contribution is -2.30. The fraction of sp³-hybridized carbons (Fsp3) is 0.800. The Morgan fingerprint density at radius 3 is 2.67 bits per heavy atom. The van der Waals surface area contributed by atoms with Gasteiger partial charge in [0.15, 0.2) is 0 Å². The van der Waals surface area contributed by atoms with Gasteiger partial charge in [-0.1, -0.05) is 0 Å². The van der Waals surface area contributed by atoms with E-state index >= 15 is 0 Å². The van der Waals surface area contributed by atoms with Gasteiger partial charge in [-0.2, -0.15) is 5.10 Å². The van der Waals surface area contributed by atoms with Crippen LogP contribution in [0.15, 0.2) is 5.10 Å². The summed E-state index contributed by atoms with van der Waals surface area (Å²) in [7, 11) is 0. The summed E-state index contributed by atoms with van der Waals surface area (Å²) in [5, 5.41) is 6.10. The van der Waals surface area contributed by atoms with Crippen LogP contribution in [0.3, 0.4) is 0 Å². The van der Waals surface area contributed by atoms with Crippen LogP contribution in [0.2, 0.25) is 0 Å². The van der Waals surface area contributed by atoms with E-state index in [0.717, 1.165) is 6.54 Å². The molecule has 0 radical (unpaired) electrons. The van der Waals surface area contributed by atoms with Crippen molar-refractivity contribution in [2.24, 2.45) is 5.10 Å². The van der Waals surface area contributed by atoms with Crippen LogP contribution in [-0.4, -0.2) is 28.0 Å². The average molecular weight is 192 g/mol. The smallest absolute Gasteiger partial charge is 0.126 e. The van der Waals surface area contributed by atoms with E-state index in [4.69, 9.17) is 0 Å². The Hall–Kier alpha value is -0.250. The number of nitrogens with zero attached hydrogens (tertiary/aromatic N) is 3. The summed E-state index contributed by atoms with van der Waals surface area (Å²) in [5.41, 5.74) is 0. The molecule has 52 valence electrons. The lowest BCUT2D eigenvalue weighted by Gasteiger charge is -2.20. The summed E-state index contributed by atoms with van der Waals surface area (Å²) in [4.78, 5) is 0. The minimum absolute atomic E-state index is 0.356. The van der Waals surface area contributed by atoms with Gasteiger partial charge in [-0.05, 0) is 13.8 Å². The van der Waals surface area contributed by atoms with E-state index in [2.05, 4.69) is 35.1 Å². The molecular formula is C5H10BrN3. The molecule has 3 nitrogen and oxygen atoms in total. The minimum atomic E-state index is 0.356. The van der Waals surface area contributed by atoms with Crippen LogP contribution in [0, 0.1) is 0 Å². The van der Waals surface area contributed by atoms with Crippen molar-refractivity contribution in [1.82, 2.24) is 8.93 Å². The fourth-order valence-electron chi connectivity index (χ4n) is 0.782. The van der Waals surface area contributed by atoms with E-state index in [1.165, 1.54) is 0 Å². The van der Waals surface area contributed by atoms with Crippen molar-refractivity contribution in [3.8, 4) is 0 Å². The average Bonchev–Trinajstić information content (AvgIpc) is 2.15. The van der Waals surface area contributed by atoms with E-state index < -0.39 is 0 Å². The van der Waals surface area contributed by atoms with Gasteiger partial charge in [-0.3, -0.25) is 8.93 Å². The summed E-state index contributed by atoms with van der Waals surface area (Å²) in [5.74, 6) is 0. The third-order valence-corrected chi connectivity index (χ3v) is 2.20. The van der Waals surface area contributed by atoms with E-state index in [-0.39, 0.29) is 0 Å². The Labute approximate surface area is 63.7 Å². The van der Waals surface area contributed by atoms with Gasteiger partial charge < -0.3 is 0 Å². The van der Waals surface area contributed by atoms with Crippen molar-refractivity contribution in [2.45, 2.75) is 20.0 Å². The lowest BCUT2D eigenvalue weighted by atomic mass is 10.5. The Bertz CT molecular complexity index is 125. The number of hydrazone groups is 1. The Kier molecular flexibility index (Phi) is 1.95. The molecule has 0 saturated heterocycles. The summed E-state index contributed by atoms with van der Waals surface area (Å²) in [6, 6.07) is 0. The van der Waals surface area contributed by atoms with E-state index in [9.17, 15) is 0 Å². The summed E-state index contributed by atoms with van der Waals surface area (Å²) in [6.45, 7) is 5.13. The Balaban J connectivity index is 2.51. The quantitative estimate of drug-likeness (QED) is 0.581. The first-order valence-corrected chi connectivity index (χ1v) is 3.71. The second-order valence-electron chi connectivity index (χ2n) is 1.96. The zero-order chi connectivity index (χ0) is 6.85. The zero-order valence-corrected chi connectivity index (χ0v) is 7.17. The summed E-state index contributed by atoms with van der Waals surface area (Å²) >= 11 is 3.33. The molecule has 0 amide bonds. The number of hydrogen-bond donors (Lipinski definition) is 0. The van der Waals surface area contributed by atoms with Gasteiger partial charge in [0.2, 0.25) is 0 Å². The molecule has 0 bridgehead atoms. The third-order valence-electron chi connectivity index (χ3n) is 1.42. The van der Waals surface area contributed by atoms with Gasteiger partial charge in [-0.25, -0.2) is 0 Å². The normalized spacial score (nSPS) is 25.9. The predicted molar refractivity (Wildman–Crippen MR) is 41.1 cm³/mol. The van der Waals surface area contributed by atoms with Crippen LogP contribution in [0.25, 0.3) is 0 Å². The molecule has 0 aromatic heterocycles. The van der Waals surface area contributed by atoms with Crippen molar-refractivity contribution < 1.29 is 0 Å². The highest BCUT2D eigenvalue weighted by atomic mass is 79.9. The van der Waals surface area contributed by atoms with E-state index in [0.29, 0.717) is 6.17 Å².